The lowest BCUT2D eigenvalue weighted by Crippen LogP contribution is -2.24. The van der Waals surface area contributed by atoms with E-state index < -0.39 is 22.2 Å². The molecule has 2 aromatic heterocycles. The Morgan fingerprint density at radius 3 is 2.37 bits per heavy atom. The molecule has 3 aromatic rings. The lowest BCUT2D eigenvalue weighted by atomic mass is 9.87. The van der Waals surface area contributed by atoms with Gasteiger partial charge in [-0.2, -0.15) is 5.10 Å². The zero-order chi connectivity index (χ0) is 31.3. The smallest absolute Gasteiger partial charge is 0.411 e. The number of amides is 1. The van der Waals surface area contributed by atoms with Gasteiger partial charge in [-0.25, -0.2) is 14.5 Å². The molecule has 1 amide bonds. The lowest BCUT2D eigenvalue weighted by molar-refractivity contribution is 0.0756. The molecule has 0 aliphatic heterocycles. The van der Waals surface area contributed by atoms with Crippen molar-refractivity contribution in [2.75, 3.05) is 25.2 Å². The summed E-state index contributed by atoms with van der Waals surface area (Å²) in [5, 5.41) is 14.8. The van der Waals surface area contributed by atoms with Gasteiger partial charge in [0.1, 0.15) is 19.2 Å². The molecule has 2 aliphatic rings. The number of aromatic nitrogens is 4. The summed E-state index contributed by atoms with van der Waals surface area (Å²) in [7, 11) is -1.06. The van der Waals surface area contributed by atoms with E-state index in [1.807, 2.05) is 9.25 Å². The highest BCUT2D eigenvalue weighted by Gasteiger charge is 2.54. The number of ether oxygens (including phenoxy) is 2. The van der Waals surface area contributed by atoms with Crippen LogP contribution in [-0.4, -0.2) is 73.2 Å². The maximum Gasteiger partial charge on any atom is 0.411 e. The largest absolute Gasteiger partial charge is 0.465 e. The minimum absolute atomic E-state index is 0.227. The summed E-state index contributed by atoms with van der Waals surface area (Å²) in [6.45, 7) is 18.3. The number of carbonyl (C=O) groups is 2. The van der Waals surface area contributed by atoms with Crippen molar-refractivity contribution in [1.82, 2.24) is 19.3 Å². The van der Waals surface area contributed by atoms with Crippen LogP contribution < -0.4 is 4.90 Å². The Balaban J connectivity index is 1.60. The monoisotopic (exact) mass is 625 g/mol. The van der Waals surface area contributed by atoms with Crippen LogP contribution in [0.3, 0.4) is 0 Å². The fourth-order valence-electron chi connectivity index (χ4n) is 5.90. The maximum atomic E-state index is 12.3. The molecular formula is C31H47N5O5Si2. The minimum atomic E-state index is -1.31. The first-order valence-corrected chi connectivity index (χ1v) is 22.7. The third-order valence-corrected chi connectivity index (χ3v) is 12.4. The molecule has 1 N–H and O–H groups in total. The number of rotatable bonds is 13. The fraction of sp³-hybridized carbons (Fsp3) is 0.613. The molecule has 1 fully saturated rings. The number of anilines is 1. The van der Waals surface area contributed by atoms with E-state index in [4.69, 9.17) is 19.6 Å². The molecular weight excluding hydrogens is 579 g/mol. The molecule has 0 spiro atoms. The standard InChI is InChI=1S/C31H47N5O5Si2/c1-31-16-22(31)14-24-26(17-31)36(20-41-10-12-43(6,7)8)33-28(24)29-32-27-21(18-37)13-23(34(2)30(38)39)15-25(27)35(29)19-40-9-11-42(3,4)5/h13,15,18,22H,9-12,14,16-17,19-20H2,1-8H3,(H,38,39)/t22-,31-/m1/s1. The van der Waals surface area contributed by atoms with Gasteiger partial charge in [-0.3, -0.25) is 14.3 Å². The Morgan fingerprint density at radius 2 is 1.77 bits per heavy atom. The first-order chi connectivity index (χ1) is 20.1. The lowest BCUT2D eigenvalue weighted by Gasteiger charge is -2.20. The molecule has 0 bridgehead atoms. The summed E-state index contributed by atoms with van der Waals surface area (Å²) in [6, 6.07) is 5.46. The van der Waals surface area contributed by atoms with Gasteiger partial charge in [-0.15, -0.1) is 0 Å². The topological polar surface area (TPSA) is 112 Å². The Bertz CT molecular complexity index is 1540. The van der Waals surface area contributed by atoms with Gasteiger partial charge in [0.25, 0.3) is 0 Å². The van der Waals surface area contributed by atoms with Crippen LogP contribution >= 0.6 is 0 Å². The van der Waals surface area contributed by atoms with Crippen molar-refractivity contribution in [3.63, 3.8) is 0 Å². The Hall–Kier alpha value is -2.81. The molecule has 2 atom stereocenters. The molecule has 0 unspecified atom stereocenters. The quantitative estimate of drug-likeness (QED) is 0.130. The van der Waals surface area contributed by atoms with Crippen molar-refractivity contribution in [1.29, 1.82) is 0 Å². The zero-order valence-electron chi connectivity index (χ0n) is 27.0. The number of nitrogens with zero attached hydrogens (tertiary/aromatic N) is 5. The summed E-state index contributed by atoms with van der Waals surface area (Å²) >= 11 is 0. The van der Waals surface area contributed by atoms with Gasteiger partial charge in [-0.05, 0) is 54.8 Å². The summed E-state index contributed by atoms with van der Waals surface area (Å²) in [4.78, 5) is 30.2. The number of hydrogen-bond donors (Lipinski definition) is 1. The van der Waals surface area contributed by atoms with E-state index in [1.165, 1.54) is 24.7 Å². The van der Waals surface area contributed by atoms with E-state index in [0.29, 0.717) is 59.4 Å². The Morgan fingerprint density at radius 1 is 1.12 bits per heavy atom. The van der Waals surface area contributed by atoms with Crippen LogP contribution in [0.25, 0.3) is 22.6 Å². The van der Waals surface area contributed by atoms with E-state index in [-0.39, 0.29) is 6.73 Å². The normalized spacial score (nSPS) is 19.8. The molecule has 0 radical (unpaired) electrons. The van der Waals surface area contributed by atoms with Crippen LogP contribution in [0.15, 0.2) is 12.1 Å². The zero-order valence-corrected chi connectivity index (χ0v) is 29.0. The highest BCUT2D eigenvalue weighted by molar-refractivity contribution is 6.76. The molecule has 234 valence electrons. The highest BCUT2D eigenvalue weighted by Crippen LogP contribution is 2.60. The number of fused-ring (bicyclic) bond motifs is 3. The van der Waals surface area contributed by atoms with E-state index in [9.17, 15) is 14.7 Å². The summed E-state index contributed by atoms with van der Waals surface area (Å²) < 4.78 is 16.4. The van der Waals surface area contributed by atoms with Gasteiger partial charge in [0.15, 0.2) is 12.1 Å². The van der Waals surface area contributed by atoms with Crippen molar-refractivity contribution < 1.29 is 24.2 Å². The van der Waals surface area contributed by atoms with Gasteiger partial charge in [0.05, 0.1) is 11.0 Å². The SMILES string of the molecule is CN(C(=O)O)c1cc(C=O)c2nc(-c3nn(COCC[Si](C)(C)C)c4c3C[C@@H]3C[C@]3(C)C4)n(COCC[Si](C)(C)C)c2c1. The Labute approximate surface area is 256 Å². The van der Waals surface area contributed by atoms with E-state index >= 15 is 0 Å². The molecule has 10 nitrogen and oxygen atoms in total. The average molecular weight is 626 g/mol. The van der Waals surface area contributed by atoms with Crippen LogP contribution in [0.4, 0.5) is 10.5 Å². The third kappa shape index (κ3) is 6.82. The van der Waals surface area contributed by atoms with E-state index in [2.05, 4.69) is 46.2 Å². The van der Waals surface area contributed by atoms with Gasteiger partial charge in [0, 0.05) is 58.9 Å². The third-order valence-electron chi connectivity index (χ3n) is 9.03. The van der Waals surface area contributed by atoms with Crippen molar-refractivity contribution in [2.24, 2.45) is 11.3 Å². The summed E-state index contributed by atoms with van der Waals surface area (Å²) in [5.74, 6) is 1.26. The molecule has 43 heavy (non-hydrogen) atoms. The number of benzene rings is 1. The second kappa shape index (κ2) is 11.6. The molecule has 0 saturated heterocycles. The molecule has 1 aromatic carbocycles. The van der Waals surface area contributed by atoms with Crippen molar-refractivity contribution >= 4 is 45.2 Å². The number of aldehydes is 1. The van der Waals surface area contributed by atoms with Crippen LogP contribution in [0.2, 0.25) is 51.4 Å². The van der Waals surface area contributed by atoms with E-state index in [1.54, 1.807) is 12.1 Å². The van der Waals surface area contributed by atoms with Crippen molar-refractivity contribution in [3.05, 3.63) is 29.0 Å². The fourth-order valence-corrected chi connectivity index (χ4v) is 7.42. The summed E-state index contributed by atoms with van der Waals surface area (Å²) in [6.07, 6.45) is 2.72. The molecule has 1 saturated carbocycles. The first kappa shape index (κ1) is 31.6. The first-order valence-electron chi connectivity index (χ1n) is 15.3. The predicted octanol–water partition coefficient (Wildman–Crippen LogP) is 6.58. The average Bonchev–Trinajstić information content (AvgIpc) is 3.27. The summed E-state index contributed by atoms with van der Waals surface area (Å²) in [5.41, 5.74) is 5.41. The number of hydrogen-bond acceptors (Lipinski definition) is 6. The van der Waals surface area contributed by atoms with Crippen molar-refractivity contribution in [3.8, 4) is 11.5 Å². The van der Waals surface area contributed by atoms with E-state index in [0.717, 1.165) is 41.8 Å². The second-order valence-electron chi connectivity index (χ2n) is 15.1. The second-order valence-corrected chi connectivity index (χ2v) is 26.4. The van der Waals surface area contributed by atoms with Gasteiger partial charge in [-0.1, -0.05) is 46.2 Å². The van der Waals surface area contributed by atoms with Gasteiger partial charge < -0.3 is 14.6 Å². The Kier molecular flexibility index (Phi) is 8.53. The van der Waals surface area contributed by atoms with Gasteiger partial charge in [0.2, 0.25) is 0 Å². The van der Waals surface area contributed by atoms with Crippen LogP contribution in [0.5, 0.6) is 0 Å². The van der Waals surface area contributed by atoms with Crippen molar-refractivity contribution in [2.45, 2.75) is 91.0 Å². The predicted molar refractivity (Wildman–Crippen MR) is 175 cm³/mol. The molecule has 12 heteroatoms. The highest BCUT2D eigenvalue weighted by atomic mass is 28.3. The van der Waals surface area contributed by atoms with Crippen LogP contribution in [0, 0.1) is 11.3 Å². The van der Waals surface area contributed by atoms with Gasteiger partial charge >= 0.3 is 6.09 Å². The number of carbonyl (C=O) groups excluding carboxylic acids is 1. The molecule has 2 aliphatic carbocycles. The molecule has 2 heterocycles. The maximum absolute atomic E-state index is 12.3. The van der Waals surface area contributed by atoms with Crippen LogP contribution in [0.1, 0.15) is 35.0 Å². The molecule has 5 rings (SSSR count). The minimum Gasteiger partial charge on any atom is -0.465 e. The van der Waals surface area contributed by atoms with Crippen LogP contribution in [-0.2, 0) is 35.8 Å². The number of carboxylic acid groups (broad SMARTS) is 1. The number of imidazole rings is 1.